The summed E-state index contributed by atoms with van der Waals surface area (Å²) in [5.74, 6) is 0. The molecule has 1 aromatic rings. The molecule has 0 amide bonds. The summed E-state index contributed by atoms with van der Waals surface area (Å²) in [5, 5.41) is 4.99. The smallest absolute Gasteiger partial charge is 0.225 e. The summed E-state index contributed by atoms with van der Waals surface area (Å²) in [6.07, 6.45) is 1.03. The molecule has 0 spiro atoms. The molecule has 1 atom stereocenters. The van der Waals surface area contributed by atoms with Crippen LogP contribution in [0.15, 0.2) is 29.2 Å². The molecule has 0 heterocycles. The maximum Gasteiger partial charge on any atom is 0.238 e. The molecule has 0 aliphatic carbocycles. The van der Waals surface area contributed by atoms with Crippen LogP contribution >= 0.6 is 0 Å². The molecule has 8 heteroatoms. The minimum absolute atomic E-state index is 0.0443. The number of nitrogens with two attached hydrogens (primary N) is 1. The van der Waals surface area contributed by atoms with Gasteiger partial charge in [0.1, 0.15) is 0 Å². The predicted molar refractivity (Wildman–Crippen MR) is 64.2 cm³/mol. The Morgan fingerprint density at radius 3 is 2.29 bits per heavy atom. The van der Waals surface area contributed by atoms with Gasteiger partial charge in [0.2, 0.25) is 20.0 Å². The molecule has 0 fully saturated rings. The third kappa shape index (κ3) is 4.43. The normalized spacial score (nSPS) is 14.5. The van der Waals surface area contributed by atoms with Crippen LogP contribution in [0, 0.1) is 0 Å². The summed E-state index contributed by atoms with van der Waals surface area (Å²) in [7, 11) is -7.13. The Morgan fingerprint density at radius 1 is 1.24 bits per heavy atom. The van der Waals surface area contributed by atoms with Gasteiger partial charge >= 0.3 is 0 Å². The van der Waals surface area contributed by atoms with Crippen molar-refractivity contribution in [3.8, 4) is 0 Å². The fourth-order valence-corrected chi connectivity index (χ4v) is 2.70. The van der Waals surface area contributed by atoms with Gasteiger partial charge in [-0.05, 0) is 24.6 Å². The number of primary sulfonamides is 1. The molecule has 1 aromatic carbocycles. The third-order valence-corrected chi connectivity index (χ3v) is 3.77. The molecular formula is C9H14N2O4S2. The van der Waals surface area contributed by atoms with E-state index in [2.05, 4.69) is 4.72 Å². The molecule has 0 aromatic heterocycles. The maximum atomic E-state index is 11.1. The number of hydrogen-bond donors (Lipinski definition) is 2. The summed E-state index contributed by atoms with van der Waals surface area (Å²) in [6, 6.07) is 5.31. The zero-order chi connectivity index (χ0) is 13.3. The summed E-state index contributed by atoms with van der Waals surface area (Å²) < 4.78 is 46.7. The van der Waals surface area contributed by atoms with Gasteiger partial charge in [0.15, 0.2) is 0 Å². The largest absolute Gasteiger partial charge is 0.238 e. The fourth-order valence-electron chi connectivity index (χ4n) is 1.35. The van der Waals surface area contributed by atoms with Gasteiger partial charge in [0.05, 0.1) is 11.2 Å². The quantitative estimate of drug-likeness (QED) is 0.804. The Labute approximate surface area is 101 Å². The molecular weight excluding hydrogens is 264 g/mol. The van der Waals surface area contributed by atoms with Crippen molar-refractivity contribution in [3.63, 3.8) is 0 Å². The van der Waals surface area contributed by atoms with Crippen LogP contribution in [-0.4, -0.2) is 23.1 Å². The molecule has 0 bridgehead atoms. The Hall–Kier alpha value is -0.960. The zero-order valence-electron chi connectivity index (χ0n) is 9.41. The second-order valence-corrected chi connectivity index (χ2v) is 7.07. The summed E-state index contributed by atoms with van der Waals surface area (Å²) in [4.78, 5) is -0.0443. The van der Waals surface area contributed by atoms with E-state index in [-0.39, 0.29) is 4.90 Å². The minimum atomic E-state index is -3.78. The van der Waals surface area contributed by atoms with E-state index >= 15 is 0 Å². The average Bonchev–Trinajstić information content (AvgIpc) is 2.14. The SMILES string of the molecule is CC(NS(C)(=O)=O)c1cccc(S(N)(=O)=O)c1. The highest BCUT2D eigenvalue weighted by Crippen LogP contribution is 2.17. The summed E-state index contributed by atoms with van der Waals surface area (Å²) in [5.41, 5.74) is 0.530. The lowest BCUT2D eigenvalue weighted by molar-refractivity contribution is 0.573. The van der Waals surface area contributed by atoms with Crippen molar-refractivity contribution in [1.29, 1.82) is 0 Å². The van der Waals surface area contributed by atoms with Gasteiger partial charge in [-0.1, -0.05) is 12.1 Å². The molecule has 0 radical (unpaired) electrons. The van der Waals surface area contributed by atoms with Crippen LogP contribution in [0.2, 0.25) is 0 Å². The van der Waals surface area contributed by atoms with Gasteiger partial charge in [-0.3, -0.25) is 0 Å². The highest BCUT2D eigenvalue weighted by molar-refractivity contribution is 7.89. The van der Waals surface area contributed by atoms with Gasteiger partial charge < -0.3 is 0 Å². The summed E-state index contributed by atoms with van der Waals surface area (Å²) in [6.45, 7) is 1.61. The van der Waals surface area contributed by atoms with E-state index in [9.17, 15) is 16.8 Å². The average molecular weight is 278 g/mol. The van der Waals surface area contributed by atoms with Gasteiger partial charge in [-0.2, -0.15) is 0 Å². The lowest BCUT2D eigenvalue weighted by Gasteiger charge is -2.13. The molecule has 1 rings (SSSR count). The van der Waals surface area contributed by atoms with Crippen LogP contribution in [0.4, 0.5) is 0 Å². The minimum Gasteiger partial charge on any atom is -0.225 e. The van der Waals surface area contributed by atoms with Crippen LogP contribution in [0.25, 0.3) is 0 Å². The van der Waals surface area contributed by atoms with Gasteiger partial charge in [0.25, 0.3) is 0 Å². The fraction of sp³-hybridized carbons (Fsp3) is 0.333. The molecule has 6 nitrogen and oxygen atoms in total. The van der Waals surface area contributed by atoms with Crippen LogP contribution < -0.4 is 9.86 Å². The van der Waals surface area contributed by atoms with Gasteiger partial charge in [-0.15, -0.1) is 0 Å². The van der Waals surface area contributed by atoms with Gasteiger partial charge in [-0.25, -0.2) is 26.7 Å². The van der Waals surface area contributed by atoms with Crippen molar-refractivity contribution in [2.24, 2.45) is 5.14 Å². The molecule has 96 valence electrons. The van der Waals surface area contributed by atoms with E-state index < -0.39 is 26.1 Å². The van der Waals surface area contributed by atoms with E-state index in [1.54, 1.807) is 13.0 Å². The number of nitrogens with one attached hydrogen (secondary N) is 1. The zero-order valence-corrected chi connectivity index (χ0v) is 11.0. The highest BCUT2D eigenvalue weighted by Gasteiger charge is 2.14. The van der Waals surface area contributed by atoms with E-state index in [1.807, 2.05) is 0 Å². The highest BCUT2D eigenvalue weighted by atomic mass is 32.2. The maximum absolute atomic E-state index is 11.1. The number of hydrogen-bond acceptors (Lipinski definition) is 4. The number of rotatable bonds is 4. The van der Waals surface area contributed by atoms with E-state index in [0.717, 1.165) is 6.26 Å². The Bertz CT molecular complexity index is 608. The predicted octanol–water partition coefficient (Wildman–Crippen LogP) is -0.0558. The first-order valence-electron chi connectivity index (χ1n) is 4.69. The van der Waals surface area contributed by atoms with Crippen molar-refractivity contribution < 1.29 is 16.8 Å². The van der Waals surface area contributed by atoms with Crippen LogP contribution in [0.3, 0.4) is 0 Å². The first kappa shape index (κ1) is 14.1. The van der Waals surface area contributed by atoms with Crippen molar-refractivity contribution in [3.05, 3.63) is 29.8 Å². The first-order chi connectivity index (χ1) is 7.59. The third-order valence-electron chi connectivity index (χ3n) is 2.08. The van der Waals surface area contributed by atoms with Crippen LogP contribution in [-0.2, 0) is 20.0 Å². The summed E-state index contributed by atoms with van der Waals surface area (Å²) >= 11 is 0. The van der Waals surface area contributed by atoms with Crippen LogP contribution in [0.1, 0.15) is 18.5 Å². The van der Waals surface area contributed by atoms with Gasteiger partial charge in [0, 0.05) is 6.04 Å². The Kier molecular flexibility index (Phi) is 3.92. The van der Waals surface area contributed by atoms with E-state index in [1.165, 1.54) is 18.2 Å². The topological polar surface area (TPSA) is 106 Å². The number of benzene rings is 1. The molecule has 17 heavy (non-hydrogen) atoms. The van der Waals surface area contributed by atoms with E-state index in [0.29, 0.717) is 5.56 Å². The van der Waals surface area contributed by atoms with Crippen molar-refractivity contribution >= 4 is 20.0 Å². The Morgan fingerprint density at radius 2 is 1.82 bits per heavy atom. The molecule has 0 saturated heterocycles. The van der Waals surface area contributed by atoms with Crippen molar-refractivity contribution in [1.82, 2.24) is 4.72 Å². The Balaban J connectivity index is 3.09. The monoisotopic (exact) mass is 278 g/mol. The molecule has 1 unspecified atom stereocenters. The van der Waals surface area contributed by atoms with Crippen LogP contribution in [0.5, 0.6) is 0 Å². The molecule has 0 saturated carbocycles. The lowest BCUT2D eigenvalue weighted by Crippen LogP contribution is -2.25. The lowest BCUT2D eigenvalue weighted by atomic mass is 10.1. The first-order valence-corrected chi connectivity index (χ1v) is 8.13. The molecule has 3 N–H and O–H groups in total. The van der Waals surface area contributed by atoms with E-state index in [4.69, 9.17) is 5.14 Å². The number of sulfonamides is 2. The van der Waals surface area contributed by atoms with Crippen molar-refractivity contribution in [2.45, 2.75) is 17.9 Å². The molecule has 0 aliphatic heterocycles. The van der Waals surface area contributed by atoms with Crippen molar-refractivity contribution in [2.75, 3.05) is 6.26 Å². The second kappa shape index (κ2) is 4.73. The standard InChI is InChI=1S/C9H14N2O4S2/c1-7(11-16(2,12)13)8-4-3-5-9(6-8)17(10,14)15/h3-7,11H,1-2H3,(H2,10,14,15). The second-order valence-electron chi connectivity index (χ2n) is 3.73. The molecule has 0 aliphatic rings.